The number of nitro groups is 2. The minimum absolute atomic E-state index is 0.327. The van der Waals surface area contributed by atoms with Gasteiger partial charge in [-0.3, -0.25) is 20.2 Å². The fourth-order valence-corrected chi connectivity index (χ4v) is 2.57. The van der Waals surface area contributed by atoms with Crippen molar-refractivity contribution in [2.45, 2.75) is 77.4 Å². The Morgan fingerprint density at radius 2 is 1.19 bits per heavy atom. The fraction of sp³-hybridized carbons (Fsp3) is 1.00. The molecule has 0 aliphatic carbocycles. The summed E-state index contributed by atoms with van der Waals surface area (Å²) in [5, 5.41) is 21.8. The molecule has 0 saturated carbocycles. The van der Waals surface area contributed by atoms with Crippen LogP contribution in [0, 0.1) is 20.2 Å². The predicted molar refractivity (Wildman–Crippen MR) is 80.7 cm³/mol. The van der Waals surface area contributed by atoms with Crippen LogP contribution in [0.5, 0.6) is 0 Å². The van der Waals surface area contributed by atoms with E-state index in [4.69, 9.17) is 4.74 Å². The van der Waals surface area contributed by atoms with Crippen LogP contribution in [-0.4, -0.2) is 34.1 Å². The van der Waals surface area contributed by atoms with E-state index in [-0.39, 0.29) is 13.1 Å². The van der Waals surface area contributed by atoms with Gasteiger partial charge in [0, 0.05) is 9.85 Å². The number of ether oxygens (including phenoxy) is 1. The van der Waals surface area contributed by atoms with Crippen molar-refractivity contribution in [1.29, 1.82) is 0 Å². The average molecular weight is 304 g/mol. The normalized spacial score (nSPS) is 17.0. The van der Waals surface area contributed by atoms with Crippen molar-refractivity contribution in [2.24, 2.45) is 0 Å². The number of rotatable bonds is 12. The summed E-state index contributed by atoms with van der Waals surface area (Å²) in [6.45, 7) is 6.73. The fourth-order valence-electron chi connectivity index (χ4n) is 2.57. The number of nitrogens with zero attached hydrogens (tertiary/aromatic N) is 2. The van der Waals surface area contributed by atoms with Crippen LogP contribution in [0.15, 0.2) is 0 Å². The Hall–Kier alpha value is -1.24. The van der Waals surface area contributed by atoms with Crippen molar-refractivity contribution in [3.8, 4) is 0 Å². The Morgan fingerprint density at radius 1 is 0.857 bits per heavy atom. The second kappa shape index (κ2) is 8.92. The van der Waals surface area contributed by atoms with Crippen LogP contribution < -0.4 is 0 Å². The highest BCUT2D eigenvalue weighted by molar-refractivity contribution is 4.83. The zero-order chi connectivity index (χ0) is 16.5. The molecule has 0 radical (unpaired) electrons. The van der Waals surface area contributed by atoms with Gasteiger partial charge in [-0.1, -0.05) is 39.5 Å². The Kier molecular flexibility index (Phi) is 8.39. The molecule has 2 atom stereocenters. The summed E-state index contributed by atoms with van der Waals surface area (Å²) in [4.78, 5) is 21.0. The Balaban J connectivity index is 5.07. The van der Waals surface area contributed by atoms with Gasteiger partial charge in [0.2, 0.25) is 13.1 Å². The molecule has 0 amide bonds. The standard InChI is InChI=1S/C14H28N2O5/c1-5-7-9-13(3,11-15(17)18)21-14(4,10-8-6-2)12-16(19)20/h5-12H2,1-4H3. The molecule has 0 N–H and O–H groups in total. The maximum absolute atomic E-state index is 10.9. The lowest BCUT2D eigenvalue weighted by Crippen LogP contribution is -2.48. The highest BCUT2D eigenvalue weighted by Crippen LogP contribution is 2.30. The predicted octanol–water partition coefficient (Wildman–Crippen LogP) is 3.45. The molecule has 0 aliphatic heterocycles. The summed E-state index contributed by atoms with van der Waals surface area (Å²) >= 11 is 0. The van der Waals surface area contributed by atoms with E-state index in [1.165, 1.54) is 0 Å². The molecule has 7 heteroatoms. The van der Waals surface area contributed by atoms with Gasteiger partial charge in [0.05, 0.1) is 0 Å². The van der Waals surface area contributed by atoms with E-state index in [2.05, 4.69) is 0 Å². The van der Waals surface area contributed by atoms with E-state index in [0.29, 0.717) is 12.8 Å². The first kappa shape index (κ1) is 19.8. The Morgan fingerprint density at radius 3 is 1.43 bits per heavy atom. The highest BCUT2D eigenvalue weighted by Gasteiger charge is 2.41. The molecule has 0 rings (SSSR count). The largest absolute Gasteiger partial charge is 0.355 e. The Bertz CT molecular complexity index is 318. The van der Waals surface area contributed by atoms with Gasteiger partial charge in [-0.05, 0) is 26.7 Å². The van der Waals surface area contributed by atoms with Crippen LogP contribution in [0.25, 0.3) is 0 Å². The van der Waals surface area contributed by atoms with Crippen molar-refractivity contribution in [3.63, 3.8) is 0 Å². The second-order valence-electron chi connectivity index (χ2n) is 6.19. The monoisotopic (exact) mass is 304 g/mol. The van der Waals surface area contributed by atoms with Crippen molar-refractivity contribution in [3.05, 3.63) is 20.2 Å². The number of hydrogen-bond acceptors (Lipinski definition) is 5. The van der Waals surface area contributed by atoms with Crippen LogP contribution in [-0.2, 0) is 4.74 Å². The molecule has 0 heterocycles. The van der Waals surface area contributed by atoms with Gasteiger partial charge in [-0.25, -0.2) is 0 Å². The SMILES string of the molecule is CCCCC(C)(C[N+](=O)[O-])OC(C)(CCCC)C[N+](=O)[O-]. The van der Waals surface area contributed by atoms with Gasteiger partial charge in [-0.2, -0.15) is 0 Å². The summed E-state index contributed by atoms with van der Waals surface area (Å²) in [5.41, 5.74) is -1.92. The molecule has 7 nitrogen and oxygen atoms in total. The first-order chi connectivity index (χ1) is 9.66. The van der Waals surface area contributed by atoms with Gasteiger partial charge in [0.25, 0.3) is 0 Å². The van der Waals surface area contributed by atoms with E-state index >= 15 is 0 Å². The third-order valence-electron chi connectivity index (χ3n) is 3.54. The molecule has 0 aromatic rings. The van der Waals surface area contributed by atoms with Gasteiger partial charge in [0.1, 0.15) is 11.2 Å². The summed E-state index contributed by atoms with van der Waals surface area (Å²) < 4.78 is 5.97. The van der Waals surface area contributed by atoms with Gasteiger partial charge in [-0.15, -0.1) is 0 Å². The average Bonchev–Trinajstić information content (AvgIpc) is 2.31. The van der Waals surface area contributed by atoms with Crippen LogP contribution >= 0.6 is 0 Å². The molecule has 0 aliphatic rings. The minimum Gasteiger partial charge on any atom is -0.355 e. The molecule has 0 saturated heterocycles. The van der Waals surface area contributed by atoms with Crippen LogP contribution in [0.2, 0.25) is 0 Å². The number of hydrogen-bond donors (Lipinski definition) is 0. The first-order valence-electron chi connectivity index (χ1n) is 7.60. The van der Waals surface area contributed by atoms with Gasteiger partial charge < -0.3 is 4.74 Å². The zero-order valence-electron chi connectivity index (χ0n) is 13.6. The summed E-state index contributed by atoms with van der Waals surface area (Å²) in [6, 6.07) is 0. The molecular weight excluding hydrogens is 276 g/mol. The van der Waals surface area contributed by atoms with Crippen molar-refractivity contribution in [2.75, 3.05) is 13.1 Å². The zero-order valence-corrected chi connectivity index (χ0v) is 13.6. The topological polar surface area (TPSA) is 95.5 Å². The quantitative estimate of drug-likeness (QED) is 0.406. The second-order valence-corrected chi connectivity index (χ2v) is 6.19. The van der Waals surface area contributed by atoms with Crippen LogP contribution in [0.1, 0.15) is 66.2 Å². The molecule has 21 heavy (non-hydrogen) atoms. The van der Waals surface area contributed by atoms with E-state index in [9.17, 15) is 20.2 Å². The van der Waals surface area contributed by atoms with Crippen molar-refractivity contribution < 1.29 is 14.6 Å². The first-order valence-corrected chi connectivity index (χ1v) is 7.60. The summed E-state index contributed by atoms with van der Waals surface area (Å²) in [5.74, 6) is 0. The lowest BCUT2D eigenvalue weighted by atomic mass is 9.93. The molecule has 0 aromatic heterocycles. The van der Waals surface area contributed by atoms with Gasteiger partial charge >= 0.3 is 0 Å². The van der Waals surface area contributed by atoms with E-state index in [1.54, 1.807) is 13.8 Å². The third kappa shape index (κ3) is 8.60. The molecule has 2 unspecified atom stereocenters. The molecule has 124 valence electrons. The Labute approximate surface area is 126 Å². The summed E-state index contributed by atoms with van der Waals surface area (Å²) in [6.07, 6.45) is 4.46. The third-order valence-corrected chi connectivity index (χ3v) is 3.54. The molecular formula is C14H28N2O5. The molecule has 0 bridgehead atoms. The number of unbranched alkanes of at least 4 members (excludes halogenated alkanes) is 2. The highest BCUT2D eigenvalue weighted by atomic mass is 16.6. The molecule has 0 fully saturated rings. The van der Waals surface area contributed by atoms with E-state index in [0.717, 1.165) is 25.7 Å². The van der Waals surface area contributed by atoms with E-state index in [1.807, 2.05) is 13.8 Å². The van der Waals surface area contributed by atoms with E-state index < -0.39 is 21.0 Å². The van der Waals surface area contributed by atoms with Gasteiger partial charge in [0.15, 0.2) is 0 Å². The molecule has 0 spiro atoms. The molecule has 0 aromatic carbocycles. The lowest BCUT2D eigenvalue weighted by molar-refractivity contribution is -0.523. The maximum Gasteiger partial charge on any atom is 0.232 e. The van der Waals surface area contributed by atoms with Crippen LogP contribution in [0.4, 0.5) is 0 Å². The maximum atomic E-state index is 10.9. The van der Waals surface area contributed by atoms with Crippen molar-refractivity contribution in [1.82, 2.24) is 0 Å². The smallest absolute Gasteiger partial charge is 0.232 e. The van der Waals surface area contributed by atoms with Crippen molar-refractivity contribution >= 4 is 0 Å². The minimum atomic E-state index is -0.960. The summed E-state index contributed by atoms with van der Waals surface area (Å²) in [7, 11) is 0. The van der Waals surface area contributed by atoms with Crippen LogP contribution in [0.3, 0.4) is 0 Å². The lowest BCUT2D eigenvalue weighted by Gasteiger charge is -2.36.